The van der Waals surface area contributed by atoms with Gasteiger partial charge in [-0.05, 0) is 37.8 Å². The normalized spacial score (nSPS) is 13.7. The number of hydrogen-bond acceptors (Lipinski definition) is 8. The van der Waals surface area contributed by atoms with E-state index < -0.39 is 0 Å². The maximum Gasteiger partial charge on any atom is 0.315 e. The molecular formula is C16H17N5OS2. The Morgan fingerprint density at radius 2 is 2.04 bits per heavy atom. The van der Waals surface area contributed by atoms with Gasteiger partial charge in [-0.15, -0.1) is 28.2 Å². The molecule has 0 bridgehead atoms. The third-order valence-corrected chi connectivity index (χ3v) is 5.91. The largest absolute Gasteiger partial charge is 0.407 e. The number of thiazole rings is 1. The summed E-state index contributed by atoms with van der Waals surface area (Å²) < 4.78 is 5.64. The Hall–Kier alpha value is -1.93. The van der Waals surface area contributed by atoms with Crippen LogP contribution in [0.25, 0.3) is 0 Å². The van der Waals surface area contributed by atoms with Crippen molar-refractivity contribution in [2.24, 2.45) is 0 Å². The number of pyridine rings is 1. The summed E-state index contributed by atoms with van der Waals surface area (Å²) >= 11 is 3.44. The first-order valence-electron chi connectivity index (χ1n) is 7.93. The monoisotopic (exact) mass is 359 g/mol. The van der Waals surface area contributed by atoms with Crippen molar-refractivity contribution in [2.45, 2.75) is 42.9 Å². The zero-order valence-electron chi connectivity index (χ0n) is 13.1. The van der Waals surface area contributed by atoms with Gasteiger partial charge in [-0.3, -0.25) is 4.98 Å². The molecular weight excluding hydrogens is 342 g/mol. The van der Waals surface area contributed by atoms with Gasteiger partial charge in [-0.25, -0.2) is 4.98 Å². The van der Waals surface area contributed by atoms with Crippen molar-refractivity contribution < 1.29 is 4.42 Å². The van der Waals surface area contributed by atoms with Crippen molar-refractivity contribution >= 4 is 29.1 Å². The molecule has 0 aliphatic heterocycles. The van der Waals surface area contributed by atoms with Crippen LogP contribution in [-0.2, 0) is 25.1 Å². The van der Waals surface area contributed by atoms with Gasteiger partial charge in [0.05, 0.1) is 18.0 Å². The molecule has 0 radical (unpaired) electrons. The minimum absolute atomic E-state index is 0.452. The average Bonchev–Trinajstić information content (AvgIpc) is 3.25. The molecule has 0 unspecified atom stereocenters. The summed E-state index contributed by atoms with van der Waals surface area (Å²) in [4.78, 5) is 11.3. The molecule has 124 valence electrons. The fraction of sp³-hybridized carbons (Fsp3) is 0.375. The summed E-state index contributed by atoms with van der Waals surface area (Å²) in [6.07, 6.45) is 8.37. The number of hydrogen-bond donors (Lipinski definition) is 1. The van der Waals surface area contributed by atoms with E-state index in [1.54, 1.807) is 35.5 Å². The predicted octanol–water partition coefficient (Wildman–Crippen LogP) is 3.70. The van der Waals surface area contributed by atoms with Gasteiger partial charge in [0.1, 0.15) is 5.01 Å². The molecule has 0 spiro atoms. The molecule has 4 rings (SSSR count). The Balaban J connectivity index is 1.31. The lowest BCUT2D eigenvalue weighted by atomic mass is 10.0. The first-order valence-corrected chi connectivity index (χ1v) is 9.73. The molecule has 3 aromatic heterocycles. The second-order valence-corrected chi connectivity index (χ2v) is 7.73. The van der Waals surface area contributed by atoms with E-state index in [4.69, 9.17) is 9.40 Å². The van der Waals surface area contributed by atoms with E-state index in [-0.39, 0.29) is 0 Å². The lowest BCUT2D eigenvalue weighted by Gasteiger charge is -2.06. The molecule has 24 heavy (non-hydrogen) atoms. The number of nitrogens with one attached hydrogen (secondary N) is 1. The molecule has 0 aromatic carbocycles. The van der Waals surface area contributed by atoms with Crippen LogP contribution >= 0.6 is 23.1 Å². The van der Waals surface area contributed by atoms with Gasteiger partial charge in [-0.2, -0.15) is 0 Å². The summed E-state index contributed by atoms with van der Waals surface area (Å²) in [6, 6.07) is 4.38. The standard InChI is InChI=1S/C16H17N5OS2/c1-2-4-13-12(3-1)19-15(24-13)9-18-16-21-20-14(22-16)10-23-11-5-7-17-8-6-11/h5-8H,1-4,9-10H2,(H,18,21). The SMILES string of the molecule is c1cc(SCc2nnc(NCc3nc4c(s3)CCCC4)o2)ccn1. The maximum atomic E-state index is 5.64. The van der Waals surface area contributed by atoms with Gasteiger partial charge in [0.25, 0.3) is 0 Å². The van der Waals surface area contributed by atoms with E-state index in [0.29, 0.717) is 24.2 Å². The van der Waals surface area contributed by atoms with Crippen molar-refractivity contribution in [1.29, 1.82) is 0 Å². The van der Waals surface area contributed by atoms with Crippen LogP contribution in [0.1, 0.15) is 34.3 Å². The Bertz CT molecular complexity index is 778. The van der Waals surface area contributed by atoms with Crippen LogP contribution < -0.4 is 5.32 Å². The molecule has 0 fully saturated rings. The van der Waals surface area contributed by atoms with E-state index in [0.717, 1.165) is 16.3 Å². The molecule has 1 aliphatic carbocycles. The molecule has 8 heteroatoms. The molecule has 1 N–H and O–H groups in total. The third kappa shape index (κ3) is 3.76. The van der Waals surface area contributed by atoms with E-state index in [1.165, 1.54) is 29.8 Å². The zero-order valence-corrected chi connectivity index (χ0v) is 14.7. The molecule has 0 atom stereocenters. The van der Waals surface area contributed by atoms with Gasteiger partial charge in [-0.1, -0.05) is 5.10 Å². The molecule has 3 heterocycles. The quantitative estimate of drug-likeness (QED) is 0.672. The second-order valence-electron chi connectivity index (χ2n) is 5.51. The van der Waals surface area contributed by atoms with Crippen molar-refractivity contribution in [3.63, 3.8) is 0 Å². The molecule has 3 aromatic rings. The summed E-state index contributed by atoms with van der Waals surface area (Å²) in [5, 5.41) is 12.4. The van der Waals surface area contributed by atoms with Crippen LogP contribution in [0.15, 0.2) is 33.8 Å². The van der Waals surface area contributed by atoms with Crippen molar-refractivity contribution in [3.05, 3.63) is 46.0 Å². The molecule has 6 nitrogen and oxygen atoms in total. The van der Waals surface area contributed by atoms with Crippen molar-refractivity contribution in [2.75, 3.05) is 5.32 Å². The summed E-state index contributed by atoms with van der Waals surface area (Å²) in [7, 11) is 0. The summed E-state index contributed by atoms with van der Waals surface area (Å²) in [5.41, 5.74) is 1.28. The predicted molar refractivity (Wildman–Crippen MR) is 94.2 cm³/mol. The first-order chi connectivity index (χ1) is 11.9. The number of rotatable bonds is 6. The fourth-order valence-corrected chi connectivity index (χ4v) is 4.41. The number of fused-ring (bicyclic) bond motifs is 1. The first kappa shape index (κ1) is 15.6. The average molecular weight is 359 g/mol. The highest BCUT2D eigenvalue weighted by molar-refractivity contribution is 7.98. The molecule has 0 amide bonds. The third-order valence-electron chi connectivity index (χ3n) is 3.76. The smallest absolute Gasteiger partial charge is 0.315 e. The van der Waals surface area contributed by atoms with Crippen LogP contribution in [0.5, 0.6) is 0 Å². The Labute approximate surface area is 148 Å². The van der Waals surface area contributed by atoms with E-state index in [2.05, 4.69) is 20.5 Å². The van der Waals surface area contributed by atoms with Gasteiger partial charge in [0, 0.05) is 22.2 Å². The summed E-state index contributed by atoms with van der Waals surface area (Å²) in [6.45, 7) is 0.636. The lowest BCUT2D eigenvalue weighted by molar-refractivity contribution is 0.526. The Morgan fingerprint density at radius 3 is 2.92 bits per heavy atom. The molecule has 1 aliphatic rings. The number of nitrogens with zero attached hydrogens (tertiary/aromatic N) is 4. The number of aryl methyl sites for hydroxylation is 2. The highest BCUT2D eigenvalue weighted by Crippen LogP contribution is 2.27. The number of thioether (sulfide) groups is 1. The van der Waals surface area contributed by atoms with Crippen LogP contribution in [-0.4, -0.2) is 20.2 Å². The molecule has 0 saturated heterocycles. The summed E-state index contributed by atoms with van der Waals surface area (Å²) in [5.74, 6) is 1.25. The minimum Gasteiger partial charge on any atom is -0.407 e. The van der Waals surface area contributed by atoms with E-state index >= 15 is 0 Å². The zero-order chi connectivity index (χ0) is 16.2. The van der Waals surface area contributed by atoms with E-state index in [9.17, 15) is 0 Å². The topological polar surface area (TPSA) is 76.7 Å². The van der Waals surface area contributed by atoms with Gasteiger partial charge >= 0.3 is 6.01 Å². The minimum atomic E-state index is 0.452. The number of anilines is 1. The fourth-order valence-electron chi connectivity index (χ4n) is 2.60. The molecule has 0 saturated carbocycles. The highest BCUT2D eigenvalue weighted by atomic mass is 32.2. The Morgan fingerprint density at radius 1 is 1.17 bits per heavy atom. The second kappa shape index (κ2) is 7.31. The maximum absolute atomic E-state index is 5.64. The van der Waals surface area contributed by atoms with Gasteiger partial charge in [0.15, 0.2) is 0 Å². The van der Waals surface area contributed by atoms with Crippen LogP contribution in [0, 0.1) is 0 Å². The van der Waals surface area contributed by atoms with Gasteiger partial charge in [0.2, 0.25) is 5.89 Å². The van der Waals surface area contributed by atoms with Crippen LogP contribution in [0.3, 0.4) is 0 Å². The lowest BCUT2D eigenvalue weighted by Crippen LogP contribution is -2.01. The number of aromatic nitrogens is 4. The Kier molecular flexibility index (Phi) is 4.75. The highest BCUT2D eigenvalue weighted by Gasteiger charge is 2.15. The van der Waals surface area contributed by atoms with Crippen LogP contribution in [0.2, 0.25) is 0 Å². The van der Waals surface area contributed by atoms with Gasteiger partial charge < -0.3 is 9.73 Å². The van der Waals surface area contributed by atoms with Crippen LogP contribution in [0.4, 0.5) is 6.01 Å². The van der Waals surface area contributed by atoms with E-state index in [1.807, 2.05) is 12.1 Å². The van der Waals surface area contributed by atoms with Crippen molar-refractivity contribution in [1.82, 2.24) is 20.2 Å². The van der Waals surface area contributed by atoms with Crippen molar-refractivity contribution in [3.8, 4) is 0 Å².